The molecule has 0 spiro atoms. The summed E-state index contributed by atoms with van der Waals surface area (Å²) in [4.78, 5) is 17.5. The molecule has 3 aromatic rings. The Kier molecular flexibility index (Phi) is 4.60. The van der Waals surface area contributed by atoms with Gasteiger partial charge >= 0.3 is 0 Å². The molecular weight excluding hydrogens is 383 g/mol. The molecule has 140 valence electrons. The predicted octanol–water partition coefficient (Wildman–Crippen LogP) is 4.81. The lowest BCUT2D eigenvalue weighted by Crippen LogP contribution is -2.20. The maximum Gasteiger partial charge on any atom is 0.261 e. The van der Waals surface area contributed by atoms with Gasteiger partial charge in [-0.05, 0) is 49.1 Å². The molecule has 3 heterocycles. The summed E-state index contributed by atoms with van der Waals surface area (Å²) < 4.78 is 3.56. The third-order valence-electron chi connectivity index (χ3n) is 4.78. The van der Waals surface area contributed by atoms with E-state index in [-0.39, 0.29) is 5.56 Å². The third kappa shape index (κ3) is 3.19. The lowest BCUT2D eigenvalue weighted by atomic mass is 10.1. The van der Waals surface area contributed by atoms with Crippen LogP contribution in [-0.4, -0.2) is 19.3 Å². The van der Waals surface area contributed by atoms with Crippen molar-refractivity contribution in [2.75, 3.05) is 0 Å². The summed E-state index contributed by atoms with van der Waals surface area (Å²) in [5, 5.41) is 6.34. The van der Waals surface area contributed by atoms with E-state index in [0.29, 0.717) is 39.4 Å². The summed E-state index contributed by atoms with van der Waals surface area (Å²) >= 11 is 12.7. The summed E-state index contributed by atoms with van der Waals surface area (Å²) in [7, 11) is 0. The highest BCUT2D eigenvalue weighted by atomic mass is 35.5. The van der Waals surface area contributed by atoms with Crippen LogP contribution in [0.1, 0.15) is 37.4 Å². The lowest BCUT2D eigenvalue weighted by molar-refractivity contribution is 0.482. The van der Waals surface area contributed by atoms with Gasteiger partial charge in [0.25, 0.3) is 5.56 Å². The average molecular weight is 403 g/mol. The van der Waals surface area contributed by atoms with Crippen LogP contribution in [0, 0.1) is 12.8 Å². The minimum Gasteiger partial charge on any atom is -0.292 e. The summed E-state index contributed by atoms with van der Waals surface area (Å²) in [5.74, 6) is 1.13. The first-order chi connectivity index (χ1) is 12.8. The smallest absolute Gasteiger partial charge is 0.261 e. The summed E-state index contributed by atoms with van der Waals surface area (Å²) in [5.41, 5.74) is 3.33. The molecule has 1 aliphatic heterocycles. The Balaban J connectivity index is 1.84. The summed E-state index contributed by atoms with van der Waals surface area (Å²) in [6, 6.07) is 5.19. The molecule has 0 atom stereocenters. The Labute approximate surface area is 167 Å². The molecule has 0 bridgehead atoms. The topological polar surface area (TPSA) is 52.7 Å². The molecule has 0 radical (unpaired) electrons. The molecule has 0 saturated carbocycles. The van der Waals surface area contributed by atoms with E-state index in [1.165, 1.54) is 0 Å². The molecule has 0 aliphatic carbocycles. The Bertz CT molecular complexity index is 1140. The molecule has 0 fully saturated rings. The van der Waals surface area contributed by atoms with Crippen LogP contribution in [0.3, 0.4) is 0 Å². The fourth-order valence-corrected chi connectivity index (χ4v) is 3.96. The van der Waals surface area contributed by atoms with Crippen LogP contribution in [-0.2, 0) is 13.1 Å². The average Bonchev–Trinajstić information content (AvgIpc) is 3.11. The van der Waals surface area contributed by atoms with Gasteiger partial charge in [-0.15, -0.1) is 0 Å². The number of hydrogen-bond acceptors (Lipinski definition) is 3. The fraction of sp³-hybridized carbons (Fsp3) is 0.350. The molecule has 7 heteroatoms. The second-order valence-electron chi connectivity index (χ2n) is 7.34. The monoisotopic (exact) mass is 402 g/mol. The van der Waals surface area contributed by atoms with E-state index in [1.54, 1.807) is 22.8 Å². The minimum absolute atomic E-state index is 0.0339. The van der Waals surface area contributed by atoms with Gasteiger partial charge in [0.1, 0.15) is 11.0 Å². The molecule has 0 amide bonds. The van der Waals surface area contributed by atoms with E-state index in [9.17, 15) is 4.79 Å². The van der Waals surface area contributed by atoms with Crippen molar-refractivity contribution < 1.29 is 0 Å². The van der Waals surface area contributed by atoms with Crippen molar-refractivity contribution in [2.24, 2.45) is 5.92 Å². The van der Waals surface area contributed by atoms with Gasteiger partial charge in [0.05, 0.1) is 16.6 Å². The van der Waals surface area contributed by atoms with E-state index < -0.39 is 0 Å². The predicted molar refractivity (Wildman–Crippen MR) is 110 cm³/mol. The third-order valence-corrected chi connectivity index (χ3v) is 5.41. The Morgan fingerprint density at radius 2 is 2.07 bits per heavy atom. The van der Waals surface area contributed by atoms with Crippen LogP contribution >= 0.6 is 23.2 Å². The van der Waals surface area contributed by atoms with Crippen LogP contribution in [0.15, 0.2) is 23.0 Å². The highest BCUT2D eigenvalue weighted by molar-refractivity contribution is 6.31. The first-order valence-corrected chi connectivity index (χ1v) is 9.74. The normalized spacial score (nSPS) is 15.3. The molecule has 0 unspecified atom stereocenters. The van der Waals surface area contributed by atoms with Crippen molar-refractivity contribution in [1.29, 1.82) is 0 Å². The maximum atomic E-state index is 12.8. The van der Waals surface area contributed by atoms with E-state index >= 15 is 0 Å². The zero-order valence-corrected chi connectivity index (χ0v) is 17.0. The zero-order chi connectivity index (χ0) is 19.3. The van der Waals surface area contributed by atoms with E-state index in [1.807, 2.05) is 17.7 Å². The first-order valence-electron chi connectivity index (χ1n) is 8.99. The molecule has 5 nitrogen and oxygen atoms in total. The highest BCUT2D eigenvalue weighted by Gasteiger charge is 2.22. The van der Waals surface area contributed by atoms with Gasteiger partial charge in [0.15, 0.2) is 0 Å². The lowest BCUT2D eigenvalue weighted by Gasteiger charge is -2.06. The number of aromatic nitrogens is 4. The number of fused-ring (bicyclic) bond motifs is 2. The SMILES string of the molecule is Cc1nn(CC(C)C)c(Cl)c1/C=C1\CCn2c1nc1cc(Cl)ccc1c2=O. The molecule has 4 rings (SSSR count). The molecule has 2 aromatic heterocycles. The van der Waals surface area contributed by atoms with Crippen molar-refractivity contribution in [3.63, 3.8) is 0 Å². The molecule has 1 aliphatic rings. The van der Waals surface area contributed by atoms with Crippen LogP contribution in [0.2, 0.25) is 10.2 Å². The number of aryl methyl sites for hydroxylation is 1. The van der Waals surface area contributed by atoms with Gasteiger partial charge < -0.3 is 0 Å². The van der Waals surface area contributed by atoms with Gasteiger partial charge in [-0.25, -0.2) is 4.98 Å². The molecular formula is C20H20Cl2N4O. The van der Waals surface area contributed by atoms with Crippen molar-refractivity contribution in [3.05, 3.63) is 55.8 Å². The van der Waals surface area contributed by atoms with Gasteiger partial charge in [0.2, 0.25) is 0 Å². The van der Waals surface area contributed by atoms with Crippen molar-refractivity contribution >= 4 is 45.8 Å². The van der Waals surface area contributed by atoms with E-state index in [4.69, 9.17) is 28.2 Å². The van der Waals surface area contributed by atoms with Crippen molar-refractivity contribution in [3.8, 4) is 0 Å². The first kappa shape index (κ1) is 18.3. The van der Waals surface area contributed by atoms with Crippen LogP contribution < -0.4 is 5.56 Å². The second-order valence-corrected chi connectivity index (χ2v) is 8.13. The van der Waals surface area contributed by atoms with Crippen molar-refractivity contribution in [1.82, 2.24) is 19.3 Å². The zero-order valence-electron chi connectivity index (χ0n) is 15.5. The number of rotatable bonds is 3. The standard InChI is InChI=1S/C20H20Cl2N4O/c1-11(2)10-26-18(22)16(12(3)24-26)8-13-6-7-25-19(13)23-17-9-14(21)4-5-15(17)20(25)27/h4-5,8-9,11H,6-7,10H2,1-3H3/b13-8+. The van der Waals surface area contributed by atoms with Crippen LogP contribution in [0.5, 0.6) is 0 Å². The van der Waals surface area contributed by atoms with Crippen LogP contribution in [0.25, 0.3) is 22.6 Å². The van der Waals surface area contributed by atoms with Gasteiger partial charge in [-0.2, -0.15) is 5.10 Å². The molecule has 0 saturated heterocycles. The fourth-order valence-electron chi connectivity index (χ4n) is 3.50. The van der Waals surface area contributed by atoms with Gasteiger partial charge in [0, 0.05) is 23.7 Å². The quantitative estimate of drug-likeness (QED) is 0.631. The summed E-state index contributed by atoms with van der Waals surface area (Å²) in [6.07, 6.45) is 2.75. The van der Waals surface area contributed by atoms with E-state index in [2.05, 4.69) is 18.9 Å². The van der Waals surface area contributed by atoms with E-state index in [0.717, 1.165) is 29.8 Å². The minimum atomic E-state index is -0.0339. The largest absolute Gasteiger partial charge is 0.292 e. The van der Waals surface area contributed by atoms with Gasteiger partial charge in [-0.1, -0.05) is 37.0 Å². The Hall–Kier alpha value is -2.11. The number of nitrogens with zero attached hydrogens (tertiary/aromatic N) is 4. The second kappa shape index (κ2) is 6.80. The molecule has 0 N–H and O–H groups in total. The number of allylic oxidation sites excluding steroid dienone is 1. The highest BCUT2D eigenvalue weighted by Crippen LogP contribution is 2.31. The molecule has 27 heavy (non-hydrogen) atoms. The van der Waals surface area contributed by atoms with Crippen molar-refractivity contribution in [2.45, 2.75) is 40.3 Å². The number of benzene rings is 1. The molecule has 1 aromatic carbocycles. The summed E-state index contributed by atoms with van der Waals surface area (Å²) in [6.45, 7) is 7.59. The Morgan fingerprint density at radius 1 is 1.30 bits per heavy atom. The number of hydrogen-bond donors (Lipinski definition) is 0. The van der Waals surface area contributed by atoms with Crippen LogP contribution in [0.4, 0.5) is 0 Å². The van der Waals surface area contributed by atoms with Gasteiger partial charge in [-0.3, -0.25) is 14.0 Å². The Morgan fingerprint density at radius 3 is 2.81 bits per heavy atom. The maximum absolute atomic E-state index is 12.8. The number of halogens is 2.